The van der Waals surface area contributed by atoms with Crippen LogP contribution in [0.4, 0.5) is 4.39 Å². The highest BCUT2D eigenvalue weighted by Gasteiger charge is 2.20. The lowest BCUT2D eigenvalue weighted by atomic mass is 10.2. The van der Waals surface area contributed by atoms with Crippen molar-refractivity contribution in [2.45, 2.75) is 26.4 Å². The maximum atomic E-state index is 13.4. The average molecular weight is 401 g/mol. The molecule has 0 amide bonds. The van der Waals surface area contributed by atoms with Crippen LogP contribution >= 0.6 is 0 Å². The Morgan fingerprint density at radius 3 is 2.48 bits per heavy atom. The van der Waals surface area contributed by atoms with Crippen molar-refractivity contribution in [1.82, 2.24) is 24.0 Å². The molecule has 1 N–H and O–H groups in total. The number of nitrogens with one attached hydrogen (secondary N) is 1. The smallest absolute Gasteiger partial charge is 0.330 e. The number of hydrogen-bond acceptors (Lipinski definition) is 5. The molecule has 9 heteroatoms. The standard InChI is InChI=1S/C20H24FN5O3/c1-2-7-26-18-16(19(27)23-20(26)28)25(9-8-24-10-12-29-13-11-24)17(22-18)14-3-5-15(21)6-4-14/h3-6H,2,7-13H2,1H3,(H,23,27,28). The molecule has 154 valence electrons. The van der Waals surface area contributed by atoms with Crippen LogP contribution in [0, 0.1) is 5.82 Å². The van der Waals surface area contributed by atoms with Gasteiger partial charge in [0.25, 0.3) is 5.56 Å². The second-order valence-electron chi connectivity index (χ2n) is 7.13. The molecule has 0 radical (unpaired) electrons. The number of aromatic amines is 1. The predicted octanol–water partition coefficient (Wildman–Crippen LogP) is 1.43. The summed E-state index contributed by atoms with van der Waals surface area (Å²) in [6.07, 6.45) is 0.730. The molecule has 0 spiro atoms. The molecule has 1 saturated heterocycles. The summed E-state index contributed by atoms with van der Waals surface area (Å²) in [7, 11) is 0. The number of ether oxygens (including phenoxy) is 1. The predicted molar refractivity (Wildman–Crippen MR) is 108 cm³/mol. The number of H-pyrrole nitrogens is 1. The van der Waals surface area contributed by atoms with E-state index in [4.69, 9.17) is 4.74 Å². The molecule has 1 fully saturated rings. The monoisotopic (exact) mass is 401 g/mol. The normalized spacial score (nSPS) is 15.2. The fourth-order valence-electron chi connectivity index (χ4n) is 3.71. The van der Waals surface area contributed by atoms with E-state index in [1.165, 1.54) is 16.7 Å². The van der Waals surface area contributed by atoms with Crippen molar-refractivity contribution in [1.29, 1.82) is 0 Å². The largest absolute Gasteiger partial charge is 0.379 e. The highest BCUT2D eigenvalue weighted by Crippen LogP contribution is 2.23. The molecular weight excluding hydrogens is 377 g/mol. The van der Waals surface area contributed by atoms with Gasteiger partial charge in [-0.2, -0.15) is 0 Å². The highest BCUT2D eigenvalue weighted by molar-refractivity contribution is 5.77. The maximum absolute atomic E-state index is 13.4. The first-order chi connectivity index (χ1) is 14.1. The minimum atomic E-state index is -0.465. The molecule has 3 heterocycles. The minimum Gasteiger partial charge on any atom is -0.379 e. The third-order valence-corrected chi connectivity index (χ3v) is 5.18. The van der Waals surface area contributed by atoms with E-state index < -0.39 is 11.2 Å². The SMILES string of the molecule is CCCn1c(=O)[nH]c(=O)c2c1nc(-c1ccc(F)cc1)n2CCN1CCOCC1. The van der Waals surface area contributed by atoms with Gasteiger partial charge in [0.2, 0.25) is 0 Å². The summed E-state index contributed by atoms with van der Waals surface area (Å²) in [6.45, 7) is 6.68. The highest BCUT2D eigenvalue weighted by atomic mass is 19.1. The molecule has 0 unspecified atom stereocenters. The summed E-state index contributed by atoms with van der Waals surface area (Å²) in [5.41, 5.74) is 0.500. The number of aryl methyl sites for hydroxylation is 1. The zero-order valence-corrected chi connectivity index (χ0v) is 16.4. The number of aromatic nitrogens is 4. The summed E-state index contributed by atoms with van der Waals surface area (Å²) in [6, 6.07) is 6.01. The number of fused-ring (bicyclic) bond motifs is 1. The Bertz CT molecular complexity index is 1110. The van der Waals surface area contributed by atoms with E-state index in [1.54, 1.807) is 12.1 Å². The summed E-state index contributed by atoms with van der Waals surface area (Å²) in [4.78, 5) is 34.4. The fraction of sp³-hybridized carbons (Fsp3) is 0.450. The zero-order valence-electron chi connectivity index (χ0n) is 16.4. The van der Waals surface area contributed by atoms with Crippen LogP contribution in [-0.2, 0) is 17.8 Å². The Kier molecular flexibility index (Phi) is 5.59. The Morgan fingerprint density at radius 1 is 1.07 bits per heavy atom. The molecule has 1 aliphatic heterocycles. The molecule has 1 aliphatic rings. The topological polar surface area (TPSA) is 85.2 Å². The molecule has 0 saturated carbocycles. The van der Waals surface area contributed by atoms with Gasteiger partial charge in [-0.05, 0) is 30.7 Å². The molecule has 2 aromatic heterocycles. The summed E-state index contributed by atoms with van der Waals surface area (Å²) < 4.78 is 22.2. The van der Waals surface area contributed by atoms with Gasteiger partial charge in [0, 0.05) is 38.3 Å². The lowest BCUT2D eigenvalue weighted by molar-refractivity contribution is 0.0365. The van der Waals surface area contributed by atoms with E-state index in [0.717, 1.165) is 26.1 Å². The van der Waals surface area contributed by atoms with Crippen molar-refractivity contribution in [3.8, 4) is 11.4 Å². The third-order valence-electron chi connectivity index (χ3n) is 5.18. The van der Waals surface area contributed by atoms with Crippen LogP contribution in [0.1, 0.15) is 13.3 Å². The average Bonchev–Trinajstić information content (AvgIpc) is 3.11. The lowest BCUT2D eigenvalue weighted by Crippen LogP contribution is -2.38. The van der Waals surface area contributed by atoms with Crippen LogP contribution < -0.4 is 11.2 Å². The number of benzene rings is 1. The molecule has 1 aromatic carbocycles. The van der Waals surface area contributed by atoms with Crippen molar-refractivity contribution in [2.24, 2.45) is 0 Å². The number of halogens is 1. The van der Waals surface area contributed by atoms with Gasteiger partial charge in [-0.15, -0.1) is 0 Å². The van der Waals surface area contributed by atoms with Crippen molar-refractivity contribution in [3.05, 3.63) is 50.9 Å². The van der Waals surface area contributed by atoms with Gasteiger partial charge in [-0.3, -0.25) is 19.2 Å². The van der Waals surface area contributed by atoms with E-state index in [-0.39, 0.29) is 5.82 Å². The van der Waals surface area contributed by atoms with Gasteiger partial charge in [0.05, 0.1) is 13.2 Å². The van der Waals surface area contributed by atoms with Crippen molar-refractivity contribution < 1.29 is 9.13 Å². The first kappa shape index (κ1) is 19.5. The van der Waals surface area contributed by atoms with Gasteiger partial charge < -0.3 is 9.30 Å². The molecule has 0 atom stereocenters. The summed E-state index contributed by atoms with van der Waals surface area (Å²) >= 11 is 0. The van der Waals surface area contributed by atoms with Gasteiger partial charge in [-0.1, -0.05) is 6.92 Å². The Labute approximate surface area is 166 Å². The quantitative estimate of drug-likeness (QED) is 0.676. The lowest BCUT2D eigenvalue weighted by Gasteiger charge is -2.26. The van der Waals surface area contributed by atoms with Crippen LogP contribution in [-0.4, -0.2) is 56.9 Å². The van der Waals surface area contributed by atoms with Crippen LogP contribution in [0.25, 0.3) is 22.6 Å². The van der Waals surface area contributed by atoms with Gasteiger partial charge >= 0.3 is 5.69 Å². The second kappa shape index (κ2) is 8.30. The molecule has 3 aromatic rings. The summed E-state index contributed by atoms with van der Waals surface area (Å²) in [5.74, 6) is 0.208. The molecule has 0 bridgehead atoms. The van der Waals surface area contributed by atoms with E-state index in [9.17, 15) is 14.0 Å². The molecule has 4 rings (SSSR count). The number of imidazole rings is 1. The third kappa shape index (κ3) is 3.88. The number of hydrogen-bond donors (Lipinski definition) is 1. The molecular formula is C20H24FN5O3. The molecule has 8 nitrogen and oxygen atoms in total. The first-order valence-electron chi connectivity index (χ1n) is 9.88. The Morgan fingerprint density at radius 2 is 1.79 bits per heavy atom. The van der Waals surface area contributed by atoms with Gasteiger partial charge in [0.1, 0.15) is 11.6 Å². The van der Waals surface area contributed by atoms with Crippen LogP contribution in [0.15, 0.2) is 33.9 Å². The van der Waals surface area contributed by atoms with Gasteiger partial charge in [-0.25, -0.2) is 14.2 Å². The van der Waals surface area contributed by atoms with Crippen molar-refractivity contribution >= 4 is 11.2 Å². The van der Waals surface area contributed by atoms with E-state index in [0.29, 0.717) is 48.9 Å². The minimum absolute atomic E-state index is 0.342. The second-order valence-corrected chi connectivity index (χ2v) is 7.13. The van der Waals surface area contributed by atoms with Crippen LogP contribution in [0.3, 0.4) is 0 Å². The maximum Gasteiger partial charge on any atom is 0.330 e. The van der Waals surface area contributed by atoms with Crippen molar-refractivity contribution in [3.63, 3.8) is 0 Å². The fourth-order valence-corrected chi connectivity index (χ4v) is 3.71. The molecule has 29 heavy (non-hydrogen) atoms. The van der Waals surface area contributed by atoms with Crippen LogP contribution in [0.5, 0.6) is 0 Å². The Balaban J connectivity index is 1.85. The van der Waals surface area contributed by atoms with E-state index in [1.807, 2.05) is 11.5 Å². The van der Waals surface area contributed by atoms with Crippen LogP contribution in [0.2, 0.25) is 0 Å². The molecule has 0 aliphatic carbocycles. The van der Waals surface area contributed by atoms with Gasteiger partial charge in [0.15, 0.2) is 11.2 Å². The number of nitrogens with zero attached hydrogens (tertiary/aromatic N) is 4. The van der Waals surface area contributed by atoms with Crippen molar-refractivity contribution in [2.75, 3.05) is 32.8 Å². The zero-order chi connectivity index (χ0) is 20.4. The Hall–Kier alpha value is -2.78. The number of morpholine rings is 1. The van der Waals surface area contributed by atoms with E-state index >= 15 is 0 Å². The number of rotatable bonds is 6. The van der Waals surface area contributed by atoms with E-state index in [2.05, 4.69) is 14.9 Å². The first-order valence-corrected chi connectivity index (χ1v) is 9.88. The summed E-state index contributed by atoms with van der Waals surface area (Å²) in [5, 5.41) is 0.